The third kappa shape index (κ3) is 4.79. The van der Waals surface area contributed by atoms with Crippen molar-refractivity contribution in [2.75, 3.05) is 44.2 Å². The van der Waals surface area contributed by atoms with Gasteiger partial charge in [0.05, 0.1) is 11.5 Å². The molecule has 0 amide bonds. The lowest BCUT2D eigenvalue weighted by molar-refractivity contribution is 0.0957. The number of halogens is 1. The zero-order valence-corrected chi connectivity index (χ0v) is 19.9. The Morgan fingerprint density at radius 3 is 2.36 bits per heavy atom. The highest BCUT2D eigenvalue weighted by molar-refractivity contribution is 14.0. The molecule has 0 aromatic carbocycles. The van der Waals surface area contributed by atoms with Gasteiger partial charge in [-0.15, -0.1) is 24.0 Å². The second-order valence-electron chi connectivity index (χ2n) is 9.62. The van der Waals surface area contributed by atoms with Gasteiger partial charge >= 0.3 is 0 Å². The Kier molecular flexibility index (Phi) is 6.48. The number of guanidine groups is 1. The van der Waals surface area contributed by atoms with Gasteiger partial charge in [-0.3, -0.25) is 9.89 Å². The summed E-state index contributed by atoms with van der Waals surface area (Å²) in [6.45, 7) is 5.06. The van der Waals surface area contributed by atoms with E-state index in [0.29, 0.717) is 24.1 Å². The van der Waals surface area contributed by atoms with E-state index in [2.05, 4.69) is 15.1 Å². The standard InChI is InChI=1S/C20H34N4O2S.HI/c25-27(26)10-5-16(14-27)13-21-20(22-18-3-4-18)24-8-6-23(7-9-24)19-12-15-1-2-17(19)11-15;/h15-19H,1-14H2,(H,21,22);1H. The third-order valence-electron chi connectivity index (χ3n) is 7.52. The van der Waals surface area contributed by atoms with Crippen LogP contribution in [-0.2, 0) is 9.84 Å². The molecule has 28 heavy (non-hydrogen) atoms. The van der Waals surface area contributed by atoms with Crippen molar-refractivity contribution in [3.05, 3.63) is 0 Å². The Labute approximate surface area is 186 Å². The minimum absolute atomic E-state index is 0. The fraction of sp³-hybridized carbons (Fsp3) is 0.950. The molecule has 0 aromatic heterocycles. The molecule has 3 aliphatic carbocycles. The number of piperazine rings is 1. The van der Waals surface area contributed by atoms with Gasteiger partial charge in [0.25, 0.3) is 0 Å². The number of sulfone groups is 1. The molecule has 160 valence electrons. The molecule has 5 fully saturated rings. The molecule has 1 N–H and O–H groups in total. The summed E-state index contributed by atoms with van der Waals surface area (Å²) in [6, 6.07) is 1.42. The SMILES string of the molecule is I.O=S1(=O)CCC(CN=C(NC2CC2)N2CCN(C3CC4CCC3C4)CC2)C1. The molecule has 3 saturated carbocycles. The van der Waals surface area contributed by atoms with Crippen LogP contribution in [0.4, 0.5) is 0 Å². The maximum Gasteiger partial charge on any atom is 0.194 e. The van der Waals surface area contributed by atoms with Crippen LogP contribution >= 0.6 is 24.0 Å². The normalized spacial score (nSPS) is 37.9. The molecular weight excluding hydrogens is 487 g/mol. The van der Waals surface area contributed by atoms with Crippen molar-refractivity contribution in [3.8, 4) is 0 Å². The fourth-order valence-electron chi connectivity index (χ4n) is 5.80. The maximum absolute atomic E-state index is 11.7. The van der Waals surface area contributed by atoms with Crippen LogP contribution in [0.25, 0.3) is 0 Å². The van der Waals surface area contributed by atoms with Crippen molar-refractivity contribution >= 4 is 39.8 Å². The molecule has 8 heteroatoms. The van der Waals surface area contributed by atoms with Crippen molar-refractivity contribution in [2.24, 2.45) is 22.7 Å². The lowest BCUT2D eigenvalue weighted by atomic mass is 9.93. The molecule has 5 rings (SSSR count). The number of aliphatic imine (C=N–C) groups is 1. The van der Waals surface area contributed by atoms with E-state index < -0.39 is 9.84 Å². The highest BCUT2D eigenvalue weighted by Gasteiger charge is 2.43. The first-order chi connectivity index (χ1) is 13.1. The Balaban J connectivity index is 0.00000192. The van der Waals surface area contributed by atoms with Gasteiger partial charge in [-0.2, -0.15) is 0 Å². The van der Waals surface area contributed by atoms with Crippen LogP contribution < -0.4 is 5.32 Å². The molecule has 2 aliphatic heterocycles. The number of nitrogens with zero attached hydrogens (tertiary/aromatic N) is 3. The van der Waals surface area contributed by atoms with E-state index in [4.69, 9.17) is 4.99 Å². The Morgan fingerprint density at radius 2 is 1.79 bits per heavy atom. The van der Waals surface area contributed by atoms with Crippen molar-refractivity contribution in [2.45, 2.75) is 57.0 Å². The molecule has 2 bridgehead atoms. The van der Waals surface area contributed by atoms with E-state index in [0.717, 1.165) is 56.4 Å². The molecule has 0 spiro atoms. The summed E-state index contributed by atoms with van der Waals surface area (Å²) in [7, 11) is -2.81. The largest absolute Gasteiger partial charge is 0.354 e. The molecule has 6 nitrogen and oxygen atoms in total. The predicted octanol–water partition coefficient (Wildman–Crippen LogP) is 1.95. The molecule has 2 heterocycles. The first-order valence-electron chi connectivity index (χ1n) is 11.1. The maximum atomic E-state index is 11.7. The van der Waals surface area contributed by atoms with Crippen molar-refractivity contribution in [1.82, 2.24) is 15.1 Å². The van der Waals surface area contributed by atoms with Crippen LogP contribution in [0.15, 0.2) is 4.99 Å². The lowest BCUT2D eigenvalue weighted by Crippen LogP contribution is -2.55. The minimum atomic E-state index is -2.81. The van der Waals surface area contributed by atoms with Crippen molar-refractivity contribution in [3.63, 3.8) is 0 Å². The number of rotatable bonds is 4. The van der Waals surface area contributed by atoms with Crippen molar-refractivity contribution in [1.29, 1.82) is 0 Å². The molecule has 4 atom stereocenters. The third-order valence-corrected chi connectivity index (χ3v) is 9.36. The zero-order valence-electron chi connectivity index (χ0n) is 16.8. The molecule has 5 aliphatic rings. The average Bonchev–Trinajstić information content (AvgIpc) is 3.06. The number of hydrogen-bond donors (Lipinski definition) is 1. The highest BCUT2D eigenvalue weighted by atomic mass is 127. The van der Waals surface area contributed by atoms with Gasteiger partial charge in [0.2, 0.25) is 0 Å². The smallest absolute Gasteiger partial charge is 0.194 e. The summed E-state index contributed by atoms with van der Waals surface area (Å²) in [4.78, 5) is 10.1. The summed E-state index contributed by atoms with van der Waals surface area (Å²) < 4.78 is 23.4. The molecule has 0 aromatic rings. The van der Waals surface area contributed by atoms with E-state index in [-0.39, 0.29) is 29.9 Å². The molecular formula is C20H35IN4O2S. The second-order valence-corrected chi connectivity index (χ2v) is 11.8. The van der Waals surface area contributed by atoms with Gasteiger partial charge in [-0.25, -0.2) is 8.42 Å². The van der Waals surface area contributed by atoms with Crippen LogP contribution in [0.3, 0.4) is 0 Å². The van der Waals surface area contributed by atoms with Gasteiger partial charge in [0.1, 0.15) is 0 Å². The topological polar surface area (TPSA) is 65.0 Å². The quantitative estimate of drug-likeness (QED) is 0.348. The minimum Gasteiger partial charge on any atom is -0.354 e. The van der Waals surface area contributed by atoms with Gasteiger partial charge in [-0.05, 0) is 56.3 Å². The lowest BCUT2D eigenvalue weighted by Gasteiger charge is -2.42. The number of hydrogen-bond acceptors (Lipinski definition) is 4. The average molecular weight is 522 g/mol. The van der Waals surface area contributed by atoms with E-state index >= 15 is 0 Å². The van der Waals surface area contributed by atoms with E-state index in [1.54, 1.807) is 0 Å². The van der Waals surface area contributed by atoms with Crippen LogP contribution in [0.2, 0.25) is 0 Å². The van der Waals surface area contributed by atoms with Crippen LogP contribution in [0, 0.1) is 17.8 Å². The Morgan fingerprint density at radius 1 is 1.00 bits per heavy atom. The van der Waals surface area contributed by atoms with Gasteiger partial charge in [0, 0.05) is 44.8 Å². The van der Waals surface area contributed by atoms with Gasteiger partial charge < -0.3 is 10.2 Å². The van der Waals surface area contributed by atoms with Crippen molar-refractivity contribution < 1.29 is 8.42 Å². The molecule has 0 radical (unpaired) electrons. The molecule has 2 saturated heterocycles. The molecule has 4 unspecified atom stereocenters. The number of fused-ring (bicyclic) bond motifs is 2. The van der Waals surface area contributed by atoms with E-state index in [1.165, 1.54) is 38.5 Å². The zero-order chi connectivity index (χ0) is 18.4. The second kappa shape index (κ2) is 8.57. The monoisotopic (exact) mass is 522 g/mol. The summed E-state index contributed by atoms with van der Waals surface area (Å²) in [5.74, 6) is 3.89. The van der Waals surface area contributed by atoms with Crippen LogP contribution in [0.1, 0.15) is 44.9 Å². The van der Waals surface area contributed by atoms with Gasteiger partial charge in [-0.1, -0.05) is 6.42 Å². The predicted molar refractivity (Wildman–Crippen MR) is 123 cm³/mol. The highest BCUT2D eigenvalue weighted by Crippen LogP contribution is 2.46. The first-order valence-corrected chi connectivity index (χ1v) is 12.9. The summed E-state index contributed by atoms with van der Waals surface area (Å²) >= 11 is 0. The van der Waals surface area contributed by atoms with Gasteiger partial charge in [0.15, 0.2) is 15.8 Å². The van der Waals surface area contributed by atoms with E-state index in [9.17, 15) is 8.42 Å². The Bertz CT molecular complexity index is 688. The van der Waals surface area contributed by atoms with Crippen LogP contribution in [-0.4, -0.2) is 80.5 Å². The van der Waals surface area contributed by atoms with Crippen LogP contribution in [0.5, 0.6) is 0 Å². The summed E-state index contributed by atoms with van der Waals surface area (Å²) in [5, 5.41) is 3.62. The first kappa shape index (κ1) is 21.2. The summed E-state index contributed by atoms with van der Waals surface area (Å²) in [5.41, 5.74) is 0. The number of nitrogens with one attached hydrogen (secondary N) is 1. The van der Waals surface area contributed by atoms with E-state index in [1.807, 2.05) is 0 Å². The Hall–Kier alpha value is -0.0900. The summed E-state index contributed by atoms with van der Waals surface area (Å²) in [6.07, 6.45) is 9.09. The fourth-order valence-corrected chi connectivity index (χ4v) is 7.65.